The number of esters is 2. The van der Waals surface area contributed by atoms with Crippen LogP contribution in [0.3, 0.4) is 0 Å². The van der Waals surface area contributed by atoms with Crippen molar-refractivity contribution in [1.82, 2.24) is 14.7 Å². The third-order valence-corrected chi connectivity index (χ3v) is 7.34. The second-order valence-electron chi connectivity index (χ2n) is 9.80. The lowest BCUT2D eigenvalue weighted by Gasteiger charge is -2.40. The molecule has 0 aromatic carbocycles. The van der Waals surface area contributed by atoms with E-state index in [1.807, 2.05) is 4.90 Å². The lowest BCUT2D eigenvalue weighted by molar-refractivity contribution is -0.165. The van der Waals surface area contributed by atoms with E-state index in [1.54, 1.807) is 13.8 Å². The number of carbonyl (C=O) groups is 3. The molecule has 33 heavy (non-hydrogen) atoms. The third-order valence-electron chi connectivity index (χ3n) is 7.34. The van der Waals surface area contributed by atoms with Crippen molar-refractivity contribution in [3.8, 4) is 0 Å². The van der Waals surface area contributed by atoms with Crippen molar-refractivity contribution in [2.24, 2.45) is 5.41 Å². The minimum atomic E-state index is -0.832. The van der Waals surface area contributed by atoms with Gasteiger partial charge in [-0.15, -0.1) is 0 Å². The number of nitrogens with zero attached hydrogens (tertiary/aromatic N) is 3. The van der Waals surface area contributed by atoms with Gasteiger partial charge in [-0.3, -0.25) is 14.5 Å². The second-order valence-corrected chi connectivity index (χ2v) is 9.80. The van der Waals surface area contributed by atoms with Crippen molar-refractivity contribution >= 4 is 18.0 Å². The molecule has 3 aliphatic rings. The summed E-state index contributed by atoms with van der Waals surface area (Å²) >= 11 is 0. The predicted molar refractivity (Wildman–Crippen MR) is 123 cm³/mol. The zero-order valence-electron chi connectivity index (χ0n) is 20.7. The minimum Gasteiger partial charge on any atom is -0.466 e. The molecule has 0 aromatic rings. The number of rotatable bonds is 9. The van der Waals surface area contributed by atoms with E-state index in [9.17, 15) is 14.4 Å². The first-order valence-electron chi connectivity index (χ1n) is 12.5. The highest BCUT2D eigenvalue weighted by atomic mass is 16.6. The molecule has 0 saturated carbocycles. The molecule has 0 spiro atoms. The van der Waals surface area contributed by atoms with Gasteiger partial charge in [0.05, 0.1) is 31.6 Å². The van der Waals surface area contributed by atoms with Crippen molar-refractivity contribution in [1.29, 1.82) is 0 Å². The fourth-order valence-electron chi connectivity index (χ4n) is 5.33. The molecule has 188 valence electrons. The topological polar surface area (TPSA) is 88.6 Å². The number of amides is 1. The molecule has 3 saturated heterocycles. The van der Waals surface area contributed by atoms with Crippen LogP contribution in [-0.2, 0) is 23.8 Å². The molecule has 0 N–H and O–H groups in total. The number of carbonyl (C=O) groups excluding carboxylic acids is 3. The summed E-state index contributed by atoms with van der Waals surface area (Å²) in [7, 11) is 0. The first-order chi connectivity index (χ1) is 15.8. The predicted octanol–water partition coefficient (Wildman–Crippen LogP) is 2.28. The zero-order valence-corrected chi connectivity index (χ0v) is 20.7. The maximum Gasteiger partial charge on any atom is 0.410 e. The summed E-state index contributed by atoms with van der Waals surface area (Å²) in [6.07, 6.45) is 2.71. The molecule has 0 radical (unpaired) electrons. The summed E-state index contributed by atoms with van der Waals surface area (Å²) in [6, 6.07) is 0.786. The van der Waals surface area contributed by atoms with E-state index in [1.165, 1.54) is 0 Å². The van der Waals surface area contributed by atoms with Crippen LogP contribution in [0.25, 0.3) is 0 Å². The number of likely N-dealkylation sites (tertiary alicyclic amines) is 2. The van der Waals surface area contributed by atoms with Crippen LogP contribution in [0.2, 0.25) is 0 Å². The van der Waals surface area contributed by atoms with E-state index < -0.39 is 5.41 Å². The smallest absolute Gasteiger partial charge is 0.410 e. The largest absolute Gasteiger partial charge is 0.466 e. The Hall–Kier alpha value is -1.87. The Morgan fingerprint density at radius 2 is 1.70 bits per heavy atom. The van der Waals surface area contributed by atoms with E-state index in [4.69, 9.17) is 14.2 Å². The van der Waals surface area contributed by atoms with Gasteiger partial charge in [0.15, 0.2) is 0 Å². The molecule has 0 aliphatic carbocycles. The summed E-state index contributed by atoms with van der Waals surface area (Å²) in [5.41, 5.74) is -0.832. The molecule has 3 aliphatic heterocycles. The van der Waals surface area contributed by atoms with Crippen LogP contribution in [0.15, 0.2) is 0 Å². The highest BCUT2D eigenvalue weighted by Crippen LogP contribution is 2.37. The molecule has 9 heteroatoms. The zero-order chi connectivity index (χ0) is 24.0. The molecule has 3 fully saturated rings. The molecular formula is C24H41N3O6. The van der Waals surface area contributed by atoms with Gasteiger partial charge in [0.1, 0.15) is 6.10 Å². The fourth-order valence-corrected chi connectivity index (χ4v) is 5.33. The van der Waals surface area contributed by atoms with Gasteiger partial charge in [0.25, 0.3) is 0 Å². The monoisotopic (exact) mass is 467 g/mol. The molecule has 1 unspecified atom stereocenters. The van der Waals surface area contributed by atoms with E-state index in [2.05, 4.69) is 23.6 Å². The van der Waals surface area contributed by atoms with Crippen LogP contribution < -0.4 is 0 Å². The summed E-state index contributed by atoms with van der Waals surface area (Å²) in [5, 5.41) is 0. The van der Waals surface area contributed by atoms with Crippen molar-refractivity contribution in [2.75, 3.05) is 52.5 Å². The first-order valence-corrected chi connectivity index (χ1v) is 12.5. The SMILES string of the molecule is CCOC(=O)CC1(C(=O)OCC)CCN(CC2CN(C3CCN(C(C)C)CC3)C(=O)O2)CC1. The van der Waals surface area contributed by atoms with Gasteiger partial charge >= 0.3 is 18.0 Å². The minimum absolute atomic E-state index is 0.0504. The van der Waals surface area contributed by atoms with E-state index >= 15 is 0 Å². The van der Waals surface area contributed by atoms with Crippen molar-refractivity contribution in [3.63, 3.8) is 0 Å². The third kappa shape index (κ3) is 6.38. The number of piperidine rings is 2. The molecule has 1 amide bonds. The molecule has 3 heterocycles. The highest BCUT2D eigenvalue weighted by Gasteiger charge is 2.46. The molecule has 0 aromatic heterocycles. The second kappa shape index (κ2) is 11.5. The Labute approximate surface area is 197 Å². The van der Waals surface area contributed by atoms with Crippen molar-refractivity contribution < 1.29 is 28.6 Å². The van der Waals surface area contributed by atoms with Gasteiger partial charge in [0.2, 0.25) is 0 Å². The number of cyclic esters (lactones) is 1. The summed E-state index contributed by atoms with van der Waals surface area (Å²) in [6.45, 7) is 13.1. The van der Waals surface area contributed by atoms with Gasteiger partial charge < -0.3 is 24.0 Å². The summed E-state index contributed by atoms with van der Waals surface area (Å²) in [5.74, 6) is -0.674. The maximum atomic E-state index is 12.7. The molecular weight excluding hydrogens is 426 g/mol. The van der Waals surface area contributed by atoms with Crippen molar-refractivity contribution in [3.05, 3.63) is 0 Å². The average Bonchev–Trinajstić information content (AvgIpc) is 3.15. The van der Waals surface area contributed by atoms with Crippen LogP contribution in [0.4, 0.5) is 4.79 Å². The van der Waals surface area contributed by atoms with Crippen LogP contribution >= 0.6 is 0 Å². The Bertz CT molecular complexity index is 684. The first kappa shape index (κ1) is 25.7. The lowest BCUT2D eigenvalue weighted by Crippen LogP contribution is -2.49. The molecule has 3 rings (SSSR count). The van der Waals surface area contributed by atoms with Crippen LogP contribution in [-0.4, -0.2) is 103 Å². The normalized spacial score (nSPS) is 24.7. The Kier molecular flexibility index (Phi) is 8.98. The molecule has 0 bridgehead atoms. The number of ether oxygens (including phenoxy) is 3. The maximum absolute atomic E-state index is 12.7. The number of hydrogen-bond acceptors (Lipinski definition) is 8. The lowest BCUT2D eigenvalue weighted by atomic mass is 9.75. The standard InChI is InChI=1S/C24H41N3O6/c1-5-31-21(28)15-24(22(29)32-6-2)9-13-25(14-10-24)16-20-17-27(23(30)33-20)19-7-11-26(12-8-19)18(3)4/h18-20H,5-17H2,1-4H3. The molecule has 9 nitrogen and oxygen atoms in total. The van der Waals surface area contributed by atoms with E-state index in [-0.39, 0.29) is 43.2 Å². The van der Waals surface area contributed by atoms with Gasteiger partial charge in [-0.05, 0) is 66.5 Å². The highest BCUT2D eigenvalue weighted by molar-refractivity contribution is 5.83. The quantitative estimate of drug-likeness (QED) is 0.377. The van der Waals surface area contributed by atoms with Gasteiger partial charge in [-0.2, -0.15) is 0 Å². The van der Waals surface area contributed by atoms with Crippen LogP contribution in [0.5, 0.6) is 0 Å². The average molecular weight is 468 g/mol. The van der Waals surface area contributed by atoms with Crippen LogP contribution in [0, 0.1) is 5.41 Å². The fraction of sp³-hybridized carbons (Fsp3) is 0.875. The van der Waals surface area contributed by atoms with Gasteiger partial charge in [-0.1, -0.05) is 0 Å². The Morgan fingerprint density at radius 1 is 1.06 bits per heavy atom. The van der Waals surface area contributed by atoms with Gasteiger partial charge in [0, 0.05) is 31.7 Å². The Balaban J connectivity index is 1.51. The van der Waals surface area contributed by atoms with Crippen LogP contribution in [0.1, 0.15) is 59.8 Å². The number of hydrogen-bond donors (Lipinski definition) is 0. The van der Waals surface area contributed by atoms with E-state index in [0.717, 1.165) is 25.9 Å². The molecule has 1 atom stereocenters. The summed E-state index contributed by atoms with van der Waals surface area (Å²) < 4.78 is 16.1. The summed E-state index contributed by atoms with van der Waals surface area (Å²) in [4.78, 5) is 44.0. The van der Waals surface area contributed by atoms with Crippen molar-refractivity contribution in [2.45, 2.75) is 78.0 Å². The Morgan fingerprint density at radius 3 is 2.27 bits per heavy atom. The van der Waals surface area contributed by atoms with Gasteiger partial charge in [-0.25, -0.2) is 4.79 Å². The van der Waals surface area contributed by atoms with E-state index in [0.29, 0.717) is 51.7 Å².